The highest BCUT2D eigenvalue weighted by Crippen LogP contribution is 2.17. The summed E-state index contributed by atoms with van der Waals surface area (Å²) in [6.45, 7) is 0. The van der Waals surface area contributed by atoms with Gasteiger partial charge in [-0.15, -0.1) is 0 Å². The minimum absolute atomic E-state index is 0.189. The van der Waals surface area contributed by atoms with Gasteiger partial charge in [0.1, 0.15) is 0 Å². The Labute approximate surface area is 112 Å². The molecule has 0 bridgehead atoms. The molecule has 0 radical (unpaired) electrons. The third-order valence-electron chi connectivity index (χ3n) is 2.62. The van der Waals surface area contributed by atoms with Crippen LogP contribution >= 0.6 is 0 Å². The molecule has 1 unspecified atom stereocenters. The molecule has 0 fully saturated rings. The van der Waals surface area contributed by atoms with Gasteiger partial charge >= 0.3 is 5.97 Å². The number of nitrogens with zero attached hydrogens (tertiary/aromatic N) is 1. The van der Waals surface area contributed by atoms with Crippen molar-refractivity contribution < 1.29 is 17.9 Å². The van der Waals surface area contributed by atoms with Crippen LogP contribution in [-0.4, -0.2) is 33.0 Å². The van der Waals surface area contributed by atoms with Crippen molar-refractivity contribution in [3.05, 3.63) is 35.9 Å². The van der Waals surface area contributed by atoms with E-state index in [9.17, 15) is 13.2 Å². The molecule has 0 aliphatic carbocycles. The Morgan fingerprint density at radius 2 is 2.00 bits per heavy atom. The second-order valence-electron chi connectivity index (χ2n) is 4.03. The first-order chi connectivity index (χ1) is 8.98. The maximum Gasteiger partial charge on any atom is 0.306 e. The summed E-state index contributed by atoms with van der Waals surface area (Å²) in [7, 11) is -2.26. The standard InChI is InChI=1S/C13H15NO4S/c1-18-13(15)7-8-19(16,17)10-12(9-14)11-5-3-2-4-6-11/h2-6,12H,7-8,10H2,1H3. The number of ether oxygens (including phenoxy) is 1. The van der Waals surface area contributed by atoms with Gasteiger partial charge in [-0.25, -0.2) is 8.42 Å². The molecule has 102 valence electrons. The van der Waals surface area contributed by atoms with E-state index in [1.165, 1.54) is 7.11 Å². The van der Waals surface area contributed by atoms with Gasteiger partial charge in [0.15, 0.2) is 9.84 Å². The van der Waals surface area contributed by atoms with Crippen molar-refractivity contribution in [1.29, 1.82) is 5.26 Å². The van der Waals surface area contributed by atoms with Gasteiger partial charge < -0.3 is 4.74 Å². The summed E-state index contributed by atoms with van der Waals surface area (Å²) in [6, 6.07) is 10.7. The van der Waals surface area contributed by atoms with Gasteiger partial charge in [-0.3, -0.25) is 4.79 Å². The largest absolute Gasteiger partial charge is 0.469 e. The van der Waals surface area contributed by atoms with E-state index in [2.05, 4.69) is 4.74 Å². The van der Waals surface area contributed by atoms with E-state index in [1.807, 2.05) is 6.07 Å². The zero-order valence-electron chi connectivity index (χ0n) is 10.6. The fourth-order valence-corrected chi connectivity index (χ4v) is 2.99. The summed E-state index contributed by atoms with van der Waals surface area (Å²) in [5.41, 5.74) is 0.659. The molecule has 1 atom stereocenters. The van der Waals surface area contributed by atoms with Gasteiger partial charge in [-0.2, -0.15) is 5.26 Å². The van der Waals surface area contributed by atoms with Crippen molar-refractivity contribution in [2.75, 3.05) is 18.6 Å². The highest BCUT2D eigenvalue weighted by Gasteiger charge is 2.21. The molecular formula is C13H15NO4S. The molecule has 0 aromatic heterocycles. The average Bonchev–Trinajstić information content (AvgIpc) is 2.43. The van der Waals surface area contributed by atoms with Gasteiger partial charge in [0.25, 0.3) is 0 Å². The van der Waals surface area contributed by atoms with E-state index in [1.54, 1.807) is 30.3 Å². The molecule has 1 aromatic carbocycles. The molecule has 6 heteroatoms. The van der Waals surface area contributed by atoms with Crippen molar-refractivity contribution in [2.24, 2.45) is 0 Å². The minimum Gasteiger partial charge on any atom is -0.469 e. The zero-order valence-corrected chi connectivity index (χ0v) is 11.4. The van der Waals surface area contributed by atoms with Crippen LogP contribution in [0.15, 0.2) is 30.3 Å². The summed E-state index contributed by atoms with van der Waals surface area (Å²) < 4.78 is 28.1. The van der Waals surface area contributed by atoms with Crippen LogP contribution in [0.5, 0.6) is 0 Å². The predicted octanol–water partition coefficient (Wildman–Crippen LogP) is 1.27. The van der Waals surface area contributed by atoms with E-state index >= 15 is 0 Å². The van der Waals surface area contributed by atoms with Crippen molar-refractivity contribution in [2.45, 2.75) is 12.3 Å². The fourth-order valence-electron chi connectivity index (χ4n) is 1.57. The molecule has 1 rings (SSSR count). The highest BCUT2D eigenvalue weighted by atomic mass is 32.2. The first-order valence-corrected chi connectivity index (χ1v) is 7.52. The smallest absolute Gasteiger partial charge is 0.306 e. The Balaban J connectivity index is 2.71. The molecule has 0 aliphatic heterocycles. The molecule has 5 nitrogen and oxygen atoms in total. The molecule has 0 saturated carbocycles. The maximum atomic E-state index is 11.8. The van der Waals surface area contributed by atoms with E-state index in [0.717, 1.165) is 0 Å². The van der Waals surface area contributed by atoms with Gasteiger partial charge in [0.05, 0.1) is 37.0 Å². The SMILES string of the molecule is COC(=O)CCS(=O)(=O)CC(C#N)c1ccccc1. The summed E-state index contributed by atoms with van der Waals surface area (Å²) in [4.78, 5) is 10.9. The van der Waals surface area contributed by atoms with Crippen LogP contribution < -0.4 is 0 Å². The molecule has 0 heterocycles. The van der Waals surface area contributed by atoms with E-state index in [0.29, 0.717) is 5.56 Å². The number of carbonyl (C=O) groups excluding carboxylic acids is 1. The maximum absolute atomic E-state index is 11.8. The lowest BCUT2D eigenvalue weighted by molar-refractivity contribution is -0.140. The Kier molecular flexibility index (Phi) is 5.52. The van der Waals surface area contributed by atoms with E-state index in [4.69, 9.17) is 5.26 Å². The van der Waals surface area contributed by atoms with Crippen molar-refractivity contribution in [3.8, 4) is 6.07 Å². The van der Waals surface area contributed by atoms with Crippen LogP contribution in [0.1, 0.15) is 17.9 Å². The number of sulfone groups is 1. The number of hydrogen-bond donors (Lipinski definition) is 0. The fraction of sp³-hybridized carbons (Fsp3) is 0.385. The summed E-state index contributed by atoms with van der Waals surface area (Å²) in [5.74, 6) is -1.88. The van der Waals surface area contributed by atoms with Crippen LogP contribution in [0, 0.1) is 11.3 Å². The summed E-state index contributed by atoms with van der Waals surface area (Å²) in [6.07, 6.45) is -0.189. The lowest BCUT2D eigenvalue weighted by Crippen LogP contribution is -2.19. The average molecular weight is 281 g/mol. The highest BCUT2D eigenvalue weighted by molar-refractivity contribution is 7.91. The van der Waals surface area contributed by atoms with E-state index < -0.39 is 21.7 Å². The monoisotopic (exact) mass is 281 g/mol. The quantitative estimate of drug-likeness (QED) is 0.733. The van der Waals surface area contributed by atoms with Crippen LogP contribution in [-0.2, 0) is 19.4 Å². The molecule has 0 aliphatic rings. The van der Waals surface area contributed by atoms with Crippen molar-refractivity contribution in [3.63, 3.8) is 0 Å². The van der Waals surface area contributed by atoms with Gasteiger partial charge in [0, 0.05) is 0 Å². The predicted molar refractivity (Wildman–Crippen MR) is 70.1 cm³/mol. The zero-order chi connectivity index (χ0) is 14.3. The van der Waals surface area contributed by atoms with Crippen LogP contribution in [0.2, 0.25) is 0 Å². The molecular weight excluding hydrogens is 266 g/mol. The third kappa shape index (κ3) is 5.10. The second-order valence-corrected chi connectivity index (χ2v) is 6.26. The molecule has 0 N–H and O–H groups in total. The second kappa shape index (κ2) is 6.90. The van der Waals surface area contributed by atoms with Gasteiger partial charge in [-0.1, -0.05) is 30.3 Å². The van der Waals surface area contributed by atoms with Gasteiger partial charge in [-0.05, 0) is 5.56 Å². The number of hydrogen-bond acceptors (Lipinski definition) is 5. The molecule has 0 saturated heterocycles. The Morgan fingerprint density at radius 1 is 1.37 bits per heavy atom. The lowest BCUT2D eigenvalue weighted by atomic mass is 10.0. The van der Waals surface area contributed by atoms with Crippen LogP contribution in [0.3, 0.4) is 0 Å². The van der Waals surface area contributed by atoms with Crippen LogP contribution in [0.25, 0.3) is 0 Å². The molecule has 19 heavy (non-hydrogen) atoms. The number of rotatable bonds is 6. The molecule has 0 spiro atoms. The Morgan fingerprint density at radius 3 is 2.53 bits per heavy atom. The number of esters is 1. The van der Waals surface area contributed by atoms with Gasteiger partial charge in [0.2, 0.25) is 0 Å². The van der Waals surface area contributed by atoms with Crippen molar-refractivity contribution >= 4 is 15.8 Å². The molecule has 0 amide bonds. The Hall–Kier alpha value is -1.87. The first kappa shape index (κ1) is 15.2. The lowest BCUT2D eigenvalue weighted by Gasteiger charge is -2.09. The topological polar surface area (TPSA) is 84.2 Å². The van der Waals surface area contributed by atoms with Crippen LogP contribution in [0.4, 0.5) is 0 Å². The third-order valence-corrected chi connectivity index (χ3v) is 4.29. The Bertz CT molecular complexity index is 560. The number of benzene rings is 1. The number of carbonyl (C=O) groups is 1. The summed E-state index contributed by atoms with van der Waals surface area (Å²) >= 11 is 0. The number of nitriles is 1. The van der Waals surface area contributed by atoms with E-state index in [-0.39, 0.29) is 17.9 Å². The molecule has 1 aromatic rings. The first-order valence-electron chi connectivity index (χ1n) is 5.70. The summed E-state index contributed by atoms with van der Waals surface area (Å²) in [5, 5.41) is 9.06. The number of methoxy groups -OCH3 is 1. The van der Waals surface area contributed by atoms with Crippen molar-refractivity contribution in [1.82, 2.24) is 0 Å². The minimum atomic E-state index is -3.47. The normalized spacial score (nSPS) is 12.4.